The minimum atomic E-state index is -0.460. The zero-order chi connectivity index (χ0) is 14.0. The van der Waals surface area contributed by atoms with Crippen LogP contribution in [0.15, 0.2) is 22.2 Å². The Bertz CT molecular complexity index is 600. The lowest BCUT2D eigenvalue weighted by molar-refractivity contribution is 0.321. The van der Waals surface area contributed by atoms with Gasteiger partial charge in [0.15, 0.2) is 16.7 Å². The number of nitrogens with zero attached hydrogens (tertiary/aromatic N) is 3. The number of halogens is 1. The maximum absolute atomic E-state index is 13.6. The van der Waals surface area contributed by atoms with Crippen LogP contribution in [-0.4, -0.2) is 21.4 Å². The largest absolute Gasteiger partial charge is 0.491 e. The fraction of sp³-hybridized carbons (Fsp3) is 0.333. The SMILES string of the molecule is CCOc1cc(Sc2nnc(C)n2C)c(N)cc1F. The predicted octanol–water partition coefficient (Wildman–Crippen LogP) is 2.39. The molecule has 0 atom stereocenters. The van der Waals surface area contributed by atoms with Crippen LogP contribution in [0.2, 0.25) is 0 Å². The van der Waals surface area contributed by atoms with Crippen molar-refractivity contribution in [3.8, 4) is 5.75 Å². The molecule has 2 N–H and O–H groups in total. The summed E-state index contributed by atoms with van der Waals surface area (Å²) in [6.45, 7) is 4.05. The highest BCUT2D eigenvalue weighted by Gasteiger charge is 2.13. The van der Waals surface area contributed by atoms with Gasteiger partial charge in [0.05, 0.1) is 6.61 Å². The number of nitrogens with two attached hydrogens (primary N) is 1. The number of aromatic nitrogens is 3. The summed E-state index contributed by atoms with van der Waals surface area (Å²) in [6, 6.07) is 2.85. The molecule has 0 aliphatic heterocycles. The van der Waals surface area contributed by atoms with E-state index in [0.29, 0.717) is 22.3 Å². The molecule has 0 radical (unpaired) electrons. The van der Waals surface area contributed by atoms with Crippen LogP contribution in [-0.2, 0) is 7.05 Å². The maximum atomic E-state index is 13.6. The highest BCUT2D eigenvalue weighted by molar-refractivity contribution is 7.99. The number of hydrogen-bond donors (Lipinski definition) is 1. The second-order valence-electron chi connectivity index (χ2n) is 3.94. The van der Waals surface area contributed by atoms with E-state index in [1.807, 2.05) is 18.5 Å². The van der Waals surface area contributed by atoms with Gasteiger partial charge in [0.2, 0.25) is 0 Å². The van der Waals surface area contributed by atoms with E-state index in [9.17, 15) is 4.39 Å². The number of anilines is 1. The van der Waals surface area contributed by atoms with Crippen LogP contribution in [0, 0.1) is 12.7 Å². The third kappa shape index (κ3) is 2.81. The van der Waals surface area contributed by atoms with Gasteiger partial charge < -0.3 is 15.0 Å². The molecule has 7 heteroatoms. The molecule has 0 unspecified atom stereocenters. The molecule has 0 bridgehead atoms. The van der Waals surface area contributed by atoms with Gasteiger partial charge in [0.25, 0.3) is 0 Å². The first-order valence-corrected chi connectivity index (χ1v) is 6.60. The summed E-state index contributed by atoms with van der Waals surface area (Å²) in [5, 5.41) is 8.69. The summed E-state index contributed by atoms with van der Waals surface area (Å²) >= 11 is 1.33. The van der Waals surface area contributed by atoms with E-state index < -0.39 is 5.82 Å². The molecule has 19 heavy (non-hydrogen) atoms. The Kier molecular flexibility index (Phi) is 3.94. The van der Waals surface area contributed by atoms with E-state index in [4.69, 9.17) is 10.5 Å². The van der Waals surface area contributed by atoms with Crippen molar-refractivity contribution in [3.05, 3.63) is 23.8 Å². The Morgan fingerprint density at radius 2 is 2.16 bits per heavy atom. The van der Waals surface area contributed by atoms with Crippen molar-refractivity contribution in [3.63, 3.8) is 0 Å². The molecule has 0 saturated carbocycles. The standard InChI is InChI=1S/C12H15FN4OS/c1-4-18-10-6-11(9(14)5-8(10)13)19-12-16-15-7(2)17(12)3/h5-6H,4,14H2,1-3H3. The van der Waals surface area contributed by atoms with Crippen LogP contribution in [0.1, 0.15) is 12.7 Å². The molecule has 0 saturated heterocycles. The first-order valence-electron chi connectivity index (χ1n) is 5.78. The fourth-order valence-electron chi connectivity index (χ4n) is 1.48. The maximum Gasteiger partial charge on any atom is 0.195 e. The van der Waals surface area contributed by atoms with Crippen molar-refractivity contribution in [2.75, 3.05) is 12.3 Å². The van der Waals surface area contributed by atoms with Gasteiger partial charge in [-0.15, -0.1) is 10.2 Å². The number of ether oxygens (including phenoxy) is 1. The predicted molar refractivity (Wildman–Crippen MR) is 71.8 cm³/mol. The van der Waals surface area contributed by atoms with Gasteiger partial charge in [-0.25, -0.2) is 4.39 Å². The molecule has 0 amide bonds. The van der Waals surface area contributed by atoms with Gasteiger partial charge in [-0.1, -0.05) is 0 Å². The van der Waals surface area contributed by atoms with E-state index >= 15 is 0 Å². The quantitative estimate of drug-likeness (QED) is 0.872. The van der Waals surface area contributed by atoms with Crippen molar-refractivity contribution < 1.29 is 9.13 Å². The van der Waals surface area contributed by atoms with E-state index in [-0.39, 0.29) is 5.75 Å². The van der Waals surface area contributed by atoms with Crippen molar-refractivity contribution in [1.82, 2.24) is 14.8 Å². The van der Waals surface area contributed by atoms with Crippen molar-refractivity contribution >= 4 is 17.4 Å². The summed E-state index contributed by atoms with van der Waals surface area (Å²) in [6.07, 6.45) is 0. The zero-order valence-electron chi connectivity index (χ0n) is 11.0. The van der Waals surface area contributed by atoms with Gasteiger partial charge in [-0.2, -0.15) is 0 Å². The highest BCUT2D eigenvalue weighted by atomic mass is 32.2. The minimum Gasteiger partial charge on any atom is -0.491 e. The van der Waals surface area contributed by atoms with E-state index in [1.165, 1.54) is 17.8 Å². The molecule has 102 valence electrons. The van der Waals surface area contributed by atoms with Crippen LogP contribution in [0.25, 0.3) is 0 Å². The van der Waals surface area contributed by atoms with E-state index in [1.54, 1.807) is 13.0 Å². The van der Waals surface area contributed by atoms with E-state index in [0.717, 1.165) is 5.82 Å². The molecule has 2 aromatic rings. The average Bonchev–Trinajstić information content (AvgIpc) is 2.67. The normalized spacial score (nSPS) is 10.7. The fourth-order valence-corrected chi connectivity index (χ4v) is 2.37. The highest BCUT2D eigenvalue weighted by Crippen LogP contribution is 2.35. The van der Waals surface area contributed by atoms with Gasteiger partial charge in [0.1, 0.15) is 5.82 Å². The number of benzene rings is 1. The summed E-state index contributed by atoms with van der Waals surface area (Å²) < 4.78 is 20.7. The topological polar surface area (TPSA) is 66.0 Å². The molecular formula is C12H15FN4OS. The summed E-state index contributed by atoms with van der Waals surface area (Å²) in [5.41, 5.74) is 6.17. The lowest BCUT2D eigenvalue weighted by atomic mass is 10.3. The number of aryl methyl sites for hydroxylation is 1. The third-order valence-corrected chi connectivity index (χ3v) is 3.73. The summed E-state index contributed by atoms with van der Waals surface area (Å²) in [5.74, 6) is 0.532. The molecular weight excluding hydrogens is 267 g/mol. The average molecular weight is 282 g/mol. The second kappa shape index (κ2) is 5.48. The lowest BCUT2D eigenvalue weighted by Crippen LogP contribution is -1.99. The Balaban J connectivity index is 2.34. The monoisotopic (exact) mass is 282 g/mol. The molecule has 1 heterocycles. The Hall–Kier alpha value is -1.76. The summed E-state index contributed by atoms with van der Waals surface area (Å²) in [7, 11) is 1.86. The van der Waals surface area contributed by atoms with Crippen LogP contribution in [0.4, 0.5) is 10.1 Å². The number of rotatable bonds is 4. The van der Waals surface area contributed by atoms with Crippen molar-refractivity contribution in [1.29, 1.82) is 0 Å². The Labute approximate surface area is 115 Å². The molecule has 1 aromatic carbocycles. The number of nitrogen functional groups attached to an aromatic ring is 1. The first-order chi connectivity index (χ1) is 9.02. The van der Waals surface area contributed by atoms with Crippen LogP contribution in [0.3, 0.4) is 0 Å². The smallest absolute Gasteiger partial charge is 0.195 e. The van der Waals surface area contributed by atoms with Gasteiger partial charge >= 0.3 is 0 Å². The third-order valence-electron chi connectivity index (χ3n) is 2.62. The molecule has 0 fully saturated rings. The van der Waals surface area contributed by atoms with Crippen molar-refractivity contribution in [2.24, 2.45) is 7.05 Å². The Morgan fingerprint density at radius 3 is 2.74 bits per heavy atom. The van der Waals surface area contributed by atoms with Crippen molar-refractivity contribution in [2.45, 2.75) is 23.9 Å². The van der Waals surface area contributed by atoms with Crippen LogP contribution < -0.4 is 10.5 Å². The van der Waals surface area contributed by atoms with Crippen LogP contribution >= 0.6 is 11.8 Å². The van der Waals surface area contributed by atoms with E-state index in [2.05, 4.69) is 10.2 Å². The molecule has 0 aliphatic rings. The number of hydrogen-bond acceptors (Lipinski definition) is 5. The zero-order valence-corrected chi connectivity index (χ0v) is 11.8. The van der Waals surface area contributed by atoms with Crippen LogP contribution in [0.5, 0.6) is 5.75 Å². The Morgan fingerprint density at radius 1 is 1.42 bits per heavy atom. The first kappa shape index (κ1) is 13.7. The van der Waals surface area contributed by atoms with Gasteiger partial charge in [-0.3, -0.25) is 0 Å². The lowest BCUT2D eigenvalue weighted by Gasteiger charge is -2.09. The molecule has 0 spiro atoms. The molecule has 2 rings (SSSR count). The second-order valence-corrected chi connectivity index (χ2v) is 4.95. The van der Waals surface area contributed by atoms with Gasteiger partial charge in [0, 0.05) is 23.7 Å². The summed E-state index contributed by atoms with van der Waals surface area (Å²) in [4.78, 5) is 0.695. The molecule has 0 aliphatic carbocycles. The van der Waals surface area contributed by atoms with Gasteiger partial charge in [-0.05, 0) is 31.7 Å². The minimum absolute atomic E-state index is 0.193. The molecule has 1 aromatic heterocycles. The molecule has 5 nitrogen and oxygen atoms in total.